The Labute approximate surface area is 143 Å². The van der Waals surface area contributed by atoms with Crippen LogP contribution in [-0.4, -0.2) is 26.7 Å². The molecule has 7 nitrogen and oxygen atoms in total. The zero-order valence-corrected chi connectivity index (χ0v) is 14.4. The fourth-order valence-corrected chi connectivity index (χ4v) is 3.12. The molecule has 0 unspecified atom stereocenters. The summed E-state index contributed by atoms with van der Waals surface area (Å²) in [5.41, 5.74) is 5.43. The van der Waals surface area contributed by atoms with E-state index in [0.29, 0.717) is 22.6 Å². The SMILES string of the molecule is CCCCn1c(S[C@H](C)C(=O)NC(N)=O)nc2ccccc2c1=O. The lowest BCUT2D eigenvalue weighted by atomic mass is 10.2. The first kappa shape index (κ1) is 18.0. The van der Waals surface area contributed by atoms with Crippen LogP contribution >= 0.6 is 11.8 Å². The van der Waals surface area contributed by atoms with Gasteiger partial charge in [-0.3, -0.25) is 19.5 Å². The standard InChI is InChI=1S/C16H20N4O3S/c1-3-4-9-20-14(22)11-7-5-6-8-12(11)18-16(20)24-10(2)13(21)19-15(17)23/h5-8,10H,3-4,9H2,1-2H3,(H3,17,19,21,23)/t10-/m1/s1. The molecular weight excluding hydrogens is 328 g/mol. The molecule has 1 aromatic carbocycles. The van der Waals surface area contributed by atoms with Crippen LogP contribution in [0.2, 0.25) is 0 Å². The van der Waals surface area contributed by atoms with Crippen molar-refractivity contribution in [2.45, 2.75) is 43.6 Å². The van der Waals surface area contributed by atoms with Gasteiger partial charge in [0.05, 0.1) is 16.2 Å². The molecule has 2 rings (SSSR count). The predicted octanol–water partition coefficient (Wildman–Crippen LogP) is 1.87. The van der Waals surface area contributed by atoms with E-state index in [0.717, 1.165) is 24.6 Å². The number of benzene rings is 1. The summed E-state index contributed by atoms with van der Waals surface area (Å²) in [7, 11) is 0. The van der Waals surface area contributed by atoms with Crippen LogP contribution in [-0.2, 0) is 11.3 Å². The van der Waals surface area contributed by atoms with Crippen LogP contribution in [0.1, 0.15) is 26.7 Å². The highest BCUT2D eigenvalue weighted by molar-refractivity contribution is 8.00. The molecule has 0 aliphatic heterocycles. The second kappa shape index (κ2) is 7.96. The van der Waals surface area contributed by atoms with E-state index in [4.69, 9.17) is 5.73 Å². The second-order valence-corrected chi connectivity index (χ2v) is 6.64. The molecule has 8 heteroatoms. The van der Waals surface area contributed by atoms with Gasteiger partial charge in [0.15, 0.2) is 5.16 Å². The third-order valence-corrected chi connectivity index (χ3v) is 4.55. The van der Waals surface area contributed by atoms with Gasteiger partial charge in [-0.2, -0.15) is 0 Å². The Morgan fingerprint density at radius 3 is 2.75 bits per heavy atom. The lowest BCUT2D eigenvalue weighted by molar-refractivity contribution is -0.119. The van der Waals surface area contributed by atoms with Crippen molar-refractivity contribution in [2.75, 3.05) is 0 Å². The number of rotatable bonds is 6. The molecule has 1 heterocycles. The van der Waals surface area contributed by atoms with Crippen LogP contribution < -0.4 is 16.6 Å². The van der Waals surface area contributed by atoms with Gasteiger partial charge >= 0.3 is 6.03 Å². The Morgan fingerprint density at radius 1 is 1.38 bits per heavy atom. The molecule has 24 heavy (non-hydrogen) atoms. The summed E-state index contributed by atoms with van der Waals surface area (Å²) in [6.45, 7) is 4.20. The summed E-state index contributed by atoms with van der Waals surface area (Å²) in [6.07, 6.45) is 1.76. The van der Waals surface area contributed by atoms with E-state index < -0.39 is 17.2 Å². The van der Waals surface area contributed by atoms with Crippen molar-refractivity contribution < 1.29 is 9.59 Å². The van der Waals surface area contributed by atoms with E-state index in [1.807, 2.05) is 18.3 Å². The van der Waals surface area contributed by atoms with Crippen molar-refractivity contribution in [2.24, 2.45) is 5.73 Å². The minimum absolute atomic E-state index is 0.126. The van der Waals surface area contributed by atoms with Crippen molar-refractivity contribution in [3.05, 3.63) is 34.6 Å². The number of unbranched alkanes of at least 4 members (excludes halogenated alkanes) is 1. The predicted molar refractivity (Wildman–Crippen MR) is 94.0 cm³/mol. The number of nitrogens with two attached hydrogens (primary N) is 1. The average molecular weight is 348 g/mol. The highest BCUT2D eigenvalue weighted by atomic mass is 32.2. The van der Waals surface area contributed by atoms with Gasteiger partial charge in [-0.1, -0.05) is 37.2 Å². The largest absolute Gasteiger partial charge is 0.351 e. The van der Waals surface area contributed by atoms with Gasteiger partial charge in [0, 0.05) is 6.54 Å². The van der Waals surface area contributed by atoms with Gasteiger partial charge in [0.1, 0.15) is 0 Å². The highest BCUT2D eigenvalue weighted by Crippen LogP contribution is 2.23. The lowest BCUT2D eigenvalue weighted by Gasteiger charge is -2.15. The van der Waals surface area contributed by atoms with Gasteiger partial charge in [-0.15, -0.1) is 0 Å². The normalized spacial score (nSPS) is 12.1. The molecule has 0 saturated heterocycles. The van der Waals surface area contributed by atoms with Gasteiger partial charge in [-0.05, 0) is 25.5 Å². The molecule has 0 radical (unpaired) electrons. The number of carbonyl (C=O) groups is 2. The zero-order chi connectivity index (χ0) is 17.7. The topological polar surface area (TPSA) is 107 Å². The van der Waals surface area contributed by atoms with E-state index in [-0.39, 0.29) is 5.56 Å². The molecule has 0 saturated carbocycles. The number of aromatic nitrogens is 2. The summed E-state index contributed by atoms with van der Waals surface area (Å²) in [6, 6.07) is 6.21. The van der Waals surface area contributed by atoms with Crippen LogP contribution in [0.15, 0.2) is 34.2 Å². The maximum absolute atomic E-state index is 12.7. The molecule has 0 bridgehead atoms. The summed E-state index contributed by atoms with van der Waals surface area (Å²) in [4.78, 5) is 39.9. The molecule has 128 valence electrons. The molecule has 1 atom stereocenters. The van der Waals surface area contributed by atoms with Crippen LogP contribution in [0.3, 0.4) is 0 Å². The highest BCUT2D eigenvalue weighted by Gasteiger charge is 2.20. The molecule has 0 aliphatic rings. The molecule has 3 N–H and O–H groups in total. The number of hydrogen-bond acceptors (Lipinski definition) is 5. The quantitative estimate of drug-likeness (QED) is 0.612. The molecule has 0 fully saturated rings. The Balaban J connectivity index is 2.41. The fraction of sp³-hybridized carbons (Fsp3) is 0.375. The molecule has 2 aromatic rings. The fourth-order valence-electron chi connectivity index (χ4n) is 2.19. The second-order valence-electron chi connectivity index (χ2n) is 5.34. The molecule has 0 aliphatic carbocycles. The van der Waals surface area contributed by atoms with E-state index in [1.165, 1.54) is 0 Å². The Kier molecular flexibility index (Phi) is 5.97. The lowest BCUT2D eigenvalue weighted by Crippen LogP contribution is -2.39. The van der Waals surface area contributed by atoms with Gasteiger partial charge in [-0.25, -0.2) is 9.78 Å². The number of primary amides is 1. The number of nitrogens with zero attached hydrogens (tertiary/aromatic N) is 2. The maximum atomic E-state index is 12.7. The first-order valence-corrected chi connectivity index (χ1v) is 8.58. The van der Waals surface area contributed by atoms with Crippen LogP contribution in [0.25, 0.3) is 10.9 Å². The number of para-hydroxylation sites is 1. The Morgan fingerprint density at radius 2 is 2.08 bits per heavy atom. The van der Waals surface area contributed by atoms with Crippen molar-refractivity contribution in [3.8, 4) is 0 Å². The number of imide groups is 1. The number of amides is 3. The van der Waals surface area contributed by atoms with E-state index in [1.54, 1.807) is 29.7 Å². The van der Waals surface area contributed by atoms with Crippen LogP contribution in [0, 0.1) is 0 Å². The Hall–Kier alpha value is -2.35. The molecule has 1 aromatic heterocycles. The maximum Gasteiger partial charge on any atom is 0.318 e. The summed E-state index contributed by atoms with van der Waals surface area (Å²) < 4.78 is 1.59. The van der Waals surface area contributed by atoms with Crippen molar-refractivity contribution in [3.63, 3.8) is 0 Å². The molecule has 3 amide bonds. The first-order valence-electron chi connectivity index (χ1n) is 7.70. The minimum atomic E-state index is -0.901. The zero-order valence-electron chi connectivity index (χ0n) is 13.6. The van der Waals surface area contributed by atoms with Crippen LogP contribution in [0.5, 0.6) is 0 Å². The summed E-state index contributed by atoms with van der Waals surface area (Å²) >= 11 is 1.13. The van der Waals surface area contributed by atoms with Crippen molar-refractivity contribution >= 4 is 34.6 Å². The number of urea groups is 1. The van der Waals surface area contributed by atoms with Gasteiger partial charge in [0.25, 0.3) is 5.56 Å². The number of thioether (sulfide) groups is 1. The van der Waals surface area contributed by atoms with Crippen LogP contribution in [0.4, 0.5) is 4.79 Å². The molecular formula is C16H20N4O3S. The smallest absolute Gasteiger partial charge is 0.318 e. The van der Waals surface area contributed by atoms with Gasteiger partial charge < -0.3 is 5.73 Å². The number of fused-ring (bicyclic) bond motifs is 1. The van der Waals surface area contributed by atoms with E-state index >= 15 is 0 Å². The first-order chi connectivity index (χ1) is 11.4. The third kappa shape index (κ3) is 4.14. The molecule has 0 spiro atoms. The van der Waals surface area contributed by atoms with E-state index in [2.05, 4.69) is 4.98 Å². The third-order valence-electron chi connectivity index (χ3n) is 3.46. The monoisotopic (exact) mass is 348 g/mol. The number of carbonyl (C=O) groups excluding carboxylic acids is 2. The Bertz CT molecular complexity index is 819. The summed E-state index contributed by atoms with van der Waals surface area (Å²) in [5.74, 6) is -0.517. The van der Waals surface area contributed by atoms with E-state index in [9.17, 15) is 14.4 Å². The summed E-state index contributed by atoms with van der Waals surface area (Å²) in [5, 5.41) is 2.43. The average Bonchev–Trinajstić information content (AvgIpc) is 2.54. The van der Waals surface area contributed by atoms with Crippen molar-refractivity contribution in [1.82, 2.24) is 14.9 Å². The number of hydrogen-bond donors (Lipinski definition) is 2. The minimum Gasteiger partial charge on any atom is -0.351 e. The van der Waals surface area contributed by atoms with Crippen molar-refractivity contribution in [1.29, 1.82) is 0 Å². The number of nitrogens with one attached hydrogen (secondary N) is 1. The van der Waals surface area contributed by atoms with Gasteiger partial charge in [0.2, 0.25) is 5.91 Å².